The molecular weight excluding hydrogens is 478 g/mol. The summed E-state index contributed by atoms with van der Waals surface area (Å²) in [4.78, 5) is 13.6. The number of unbranched alkanes of at least 4 members (excludes halogenated alkanes) is 2. The fraction of sp³-hybridized carbons (Fsp3) is 0.241. The molecule has 3 N–H and O–H groups in total. The smallest absolute Gasteiger partial charge is 0.197 e. The van der Waals surface area contributed by atoms with Gasteiger partial charge in [0.1, 0.15) is 28.6 Å². The Labute approximate surface area is 216 Å². The summed E-state index contributed by atoms with van der Waals surface area (Å²) < 4.78 is 11.7. The molecule has 0 aliphatic rings. The highest BCUT2D eigenvalue weighted by molar-refractivity contribution is 6.19. The number of halogens is 1. The second kappa shape index (κ2) is 12.3. The normalized spacial score (nSPS) is 10.7. The molecule has 36 heavy (non-hydrogen) atoms. The molecule has 3 aromatic carbocycles. The maximum atomic E-state index is 13.6. The quantitative estimate of drug-likeness (QED) is 0.110. The van der Waals surface area contributed by atoms with Gasteiger partial charge in [0, 0.05) is 34.7 Å². The second-order valence-electron chi connectivity index (χ2n) is 8.55. The SMILES string of the molecule is CCCCCC(=N)CCOc1ccc(C(=O)c2c(-c3ccc(O)cc3)oc3cc(O)ccc23)cc1.Cl. The van der Waals surface area contributed by atoms with Crippen LogP contribution in [0.1, 0.15) is 54.9 Å². The number of carbonyl (C=O) groups is 1. The van der Waals surface area contributed by atoms with E-state index in [0.29, 0.717) is 57.9 Å². The summed E-state index contributed by atoms with van der Waals surface area (Å²) in [6.45, 7) is 2.58. The highest BCUT2D eigenvalue weighted by atomic mass is 35.5. The Hall–Kier alpha value is -3.77. The Balaban J connectivity index is 0.00000361. The number of phenolic OH excluding ortho intramolecular Hbond substituents is 2. The molecule has 0 unspecified atom stereocenters. The van der Waals surface area contributed by atoms with Gasteiger partial charge in [0.05, 0.1) is 12.2 Å². The zero-order valence-electron chi connectivity index (χ0n) is 20.1. The first-order valence-electron chi connectivity index (χ1n) is 11.8. The van der Waals surface area contributed by atoms with Crippen molar-refractivity contribution >= 4 is 34.9 Å². The molecular formula is C29H30ClNO5. The van der Waals surface area contributed by atoms with Gasteiger partial charge in [-0.05, 0) is 73.5 Å². The van der Waals surface area contributed by atoms with Gasteiger partial charge in [0.25, 0.3) is 0 Å². The first-order valence-corrected chi connectivity index (χ1v) is 11.8. The number of carbonyl (C=O) groups excluding carboxylic acids is 1. The molecule has 7 heteroatoms. The van der Waals surface area contributed by atoms with Crippen molar-refractivity contribution in [3.8, 4) is 28.6 Å². The molecule has 0 fully saturated rings. The number of benzene rings is 3. The molecule has 4 aromatic rings. The lowest BCUT2D eigenvalue weighted by Gasteiger charge is -2.08. The molecule has 4 rings (SSSR count). The number of nitrogens with one attached hydrogen (secondary N) is 1. The molecule has 0 saturated carbocycles. The van der Waals surface area contributed by atoms with Crippen molar-refractivity contribution in [2.75, 3.05) is 6.61 Å². The van der Waals surface area contributed by atoms with Gasteiger partial charge in [-0.1, -0.05) is 19.8 Å². The molecule has 1 aromatic heterocycles. The molecule has 0 amide bonds. The predicted octanol–water partition coefficient (Wildman–Crippen LogP) is 7.53. The van der Waals surface area contributed by atoms with E-state index in [1.807, 2.05) is 0 Å². The van der Waals surface area contributed by atoms with E-state index in [4.69, 9.17) is 14.6 Å². The van der Waals surface area contributed by atoms with Gasteiger partial charge in [0.2, 0.25) is 0 Å². The lowest BCUT2D eigenvalue weighted by Crippen LogP contribution is -2.06. The molecule has 0 radical (unpaired) electrons. The lowest BCUT2D eigenvalue weighted by molar-refractivity contribution is 0.104. The molecule has 0 aliphatic heterocycles. The topological polar surface area (TPSA) is 104 Å². The van der Waals surface area contributed by atoms with Crippen molar-refractivity contribution in [1.82, 2.24) is 0 Å². The van der Waals surface area contributed by atoms with Crippen LogP contribution in [0.25, 0.3) is 22.3 Å². The number of fused-ring (bicyclic) bond motifs is 1. The van der Waals surface area contributed by atoms with E-state index in [1.165, 1.54) is 24.3 Å². The van der Waals surface area contributed by atoms with Crippen LogP contribution in [-0.4, -0.2) is 28.3 Å². The van der Waals surface area contributed by atoms with Crippen LogP contribution in [-0.2, 0) is 0 Å². The highest BCUT2D eigenvalue weighted by Gasteiger charge is 2.23. The van der Waals surface area contributed by atoms with Crippen molar-refractivity contribution < 1.29 is 24.2 Å². The Morgan fingerprint density at radius 3 is 2.31 bits per heavy atom. The van der Waals surface area contributed by atoms with Crippen LogP contribution in [0.4, 0.5) is 0 Å². The average Bonchev–Trinajstić information content (AvgIpc) is 3.23. The van der Waals surface area contributed by atoms with E-state index in [0.717, 1.165) is 25.7 Å². The molecule has 0 atom stereocenters. The van der Waals surface area contributed by atoms with Gasteiger partial charge >= 0.3 is 0 Å². The number of ether oxygens (including phenoxy) is 1. The first kappa shape index (κ1) is 26.8. The van der Waals surface area contributed by atoms with Crippen LogP contribution in [0.5, 0.6) is 17.2 Å². The molecule has 0 bridgehead atoms. The molecule has 1 heterocycles. The minimum absolute atomic E-state index is 0. The largest absolute Gasteiger partial charge is 0.508 e. The van der Waals surface area contributed by atoms with E-state index in [9.17, 15) is 15.0 Å². The van der Waals surface area contributed by atoms with Gasteiger partial charge in [-0.25, -0.2) is 0 Å². The van der Waals surface area contributed by atoms with E-state index < -0.39 is 0 Å². The zero-order chi connectivity index (χ0) is 24.8. The summed E-state index contributed by atoms with van der Waals surface area (Å²) in [5.74, 6) is 0.951. The second-order valence-corrected chi connectivity index (χ2v) is 8.55. The third kappa shape index (κ3) is 6.26. The van der Waals surface area contributed by atoms with Crippen LogP contribution < -0.4 is 4.74 Å². The van der Waals surface area contributed by atoms with Crippen LogP contribution >= 0.6 is 12.4 Å². The summed E-state index contributed by atoms with van der Waals surface area (Å²) in [5.41, 5.74) is 2.60. The minimum atomic E-state index is -0.221. The summed E-state index contributed by atoms with van der Waals surface area (Å²) >= 11 is 0. The van der Waals surface area contributed by atoms with Crippen molar-refractivity contribution in [3.63, 3.8) is 0 Å². The fourth-order valence-electron chi connectivity index (χ4n) is 3.98. The van der Waals surface area contributed by atoms with Gasteiger partial charge < -0.3 is 24.8 Å². The Morgan fingerprint density at radius 1 is 0.917 bits per heavy atom. The molecule has 0 saturated heterocycles. The van der Waals surface area contributed by atoms with E-state index in [-0.39, 0.29) is 29.7 Å². The summed E-state index contributed by atoms with van der Waals surface area (Å²) in [7, 11) is 0. The van der Waals surface area contributed by atoms with Gasteiger partial charge in [0.15, 0.2) is 5.78 Å². The summed E-state index contributed by atoms with van der Waals surface area (Å²) in [6, 6.07) is 18.0. The van der Waals surface area contributed by atoms with Crippen LogP contribution in [0.15, 0.2) is 71.1 Å². The first-order chi connectivity index (χ1) is 17.0. The van der Waals surface area contributed by atoms with Crippen molar-refractivity contribution in [3.05, 3.63) is 77.9 Å². The third-order valence-electron chi connectivity index (χ3n) is 5.90. The van der Waals surface area contributed by atoms with Gasteiger partial charge in [-0.3, -0.25) is 4.79 Å². The van der Waals surface area contributed by atoms with E-state index >= 15 is 0 Å². The van der Waals surface area contributed by atoms with Gasteiger partial charge in [-0.15, -0.1) is 12.4 Å². The predicted molar refractivity (Wildman–Crippen MR) is 144 cm³/mol. The zero-order valence-corrected chi connectivity index (χ0v) is 20.9. The van der Waals surface area contributed by atoms with Crippen LogP contribution in [0.2, 0.25) is 0 Å². The van der Waals surface area contributed by atoms with Crippen molar-refractivity contribution in [2.24, 2.45) is 0 Å². The maximum absolute atomic E-state index is 13.6. The third-order valence-corrected chi connectivity index (χ3v) is 5.90. The van der Waals surface area contributed by atoms with Gasteiger partial charge in [-0.2, -0.15) is 0 Å². The lowest BCUT2D eigenvalue weighted by atomic mass is 9.97. The highest BCUT2D eigenvalue weighted by Crippen LogP contribution is 2.37. The van der Waals surface area contributed by atoms with E-state index in [1.54, 1.807) is 42.5 Å². The van der Waals surface area contributed by atoms with Crippen LogP contribution in [0.3, 0.4) is 0 Å². The molecule has 6 nitrogen and oxygen atoms in total. The summed E-state index contributed by atoms with van der Waals surface area (Å²) in [5, 5.41) is 28.1. The number of hydrogen-bond acceptors (Lipinski definition) is 6. The number of ketones is 1. The number of aromatic hydroxyl groups is 2. The van der Waals surface area contributed by atoms with Crippen molar-refractivity contribution in [1.29, 1.82) is 5.41 Å². The number of hydrogen-bond donors (Lipinski definition) is 3. The fourth-order valence-corrected chi connectivity index (χ4v) is 3.98. The molecule has 0 aliphatic carbocycles. The van der Waals surface area contributed by atoms with Crippen molar-refractivity contribution in [2.45, 2.75) is 39.0 Å². The monoisotopic (exact) mass is 507 g/mol. The summed E-state index contributed by atoms with van der Waals surface area (Å²) in [6.07, 6.45) is 4.72. The number of phenols is 2. The standard InChI is InChI=1S/C29H29NO5.ClH/c1-2-3-4-5-21(30)16-17-34-24-13-8-19(9-14-24)28(33)27-25-15-12-23(32)18-26(25)35-29(27)20-6-10-22(31)11-7-20;/h6-15,18,30-32H,2-5,16-17H2,1H3;1H. The number of furan rings is 1. The maximum Gasteiger partial charge on any atom is 0.197 e. The van der Waals surface area contributed by atoms with E-state index in [2.05, 4.69) is 6.92 Å². The molecule has 188 valence electrons. The van der Waals surface area contributed by atoms with Crippen LogP contribution in [0, 0.1) is 5.41 Å². The average molecular weight is 508 g/mol. The Bertz CT molecular complexity index is 1330. The minimum Gasteiger partial charge on any atom is -0.508 e. The Morgan fingerprint density at radius 2 is 1.61 bits per heavy atom. The Kier molecular flexibility index (Phi) is 9.14. The number of rotatable bonds is 11. The molecule has 0 spiro atoms.